The van der Waals surface area contributed by atoms with Crippen molar-refractivity contribution < 1.29 is 42.1 Å². The molecule has 2 unspecified atom stereocenters. The molecule has 0 rings (SSSR count). The van der Waals surface area contributed by atoms with Crippen LogP contribution in [0.1, 0.15) is 232 Å². The van der Waals surface area contributed by atoms with Crippen molar-refractivity contribution in [1.29, 1.82) is 0 Å². The summed E-state index contributed by atoms with van der Waals surface area (Å²) in [5, 5.41) is 0. The average molecular weight is 1130 g/mol. The summed E-state index contributed by atoms with van der Waals surface area (Å²) in [6, 6.07) is 0. The summed E-state index contributed by atoms with van der Waals surface area (Å²) in [6.07, 6.45) is 87.6. The number of allylic oxidation sites excluding steroid dienone is 24. The third kappa shape index (κ3) is 63.1. The summed E-state index contributed by atoms with van der Waals surface area (Å²) < 4.78 is 34.2. The number of carbonyl (C=O) groups excluding carboxylic acids is 2. The Hall–Kier alpha value is -4.11. The summed E-state index contributed by atoms with van der Waals surface area (Å²) in [5.74, 6) is -0.895. The zero-order chi connectivity index (χ0) is 58.4. The third-order valence-corrected chi connectivity index (χ3v) is 13.8. The van der Waals surface area contributed by atoms with Crippen molar-refractivity contribution in [2.45, 2.75) is 238 Å². The summed E-state index contributed by atoms with van der Waals surface area (Å²) in [5.41, 5.74) is 0. The van der Waals surface area contributed by atoms with Crippen LogP contribution in [0.15, 0.2) is 146 Å². The first-order chi connectivity index (χ1) is 39.0. The van der Waals surface area contributed by atoms with Gasteiger partial charge in [0, 0.05) is 12.8 Å². The summed E-state index contributed by atoms with van der Waals surface area (Å²) in [7, 11) is 1.12. The van der Waals surface area contributed by atoms with Crippen LogP contribution in [0.4, 0.5) is 0 Å². The SMILES string of the molecule is CC/C=C\C/C=C\C/C=C\C/C=C\C/C=C\C/C=C\C/C=C\C/C=C\C/C=C\C/C=C\CCCCC(=O)OC(COC(=O)CCCCCCCCCCCCC/C=C\C/C=C\CCCCCCC)COP(=O)([O-])OCC[N+](C)(C)C. The smallest absolute Gasteiger partial charge is 0.306 e. The van der Waals surface area contributed by atoms with E-state index in [0.717, 1.165) is 103 Å². The molecular formula is C70H116NO8P. The second-order valence-electron chi connectivity index (χ2n) is 21.7. The van der Waals surface area contributed by atoms with E-state index in [1.54, 1.807) is 0 Å². The molecule has 0 saturated carbocycles. The molecular weight excluding hydrogens is 1010 g/mol. The second kappa shape index (κ2) is 59.5. The van der Waals surface area contributed by atoms with Gasteiger partial charge in [-0.15, -0.1) is 0 Å². The first kappa shape index (κ1) is 75.9. The molecule has 2 atom stereocenters. The van der Waals surface area contributed by atoms with E-state index in [9.17, 15) is 19.0 Å². The predicted octanol–water partition coefficient (Wildman–Crippen LogP) is 19.6. The van der Waals surface area contributed by atoms with Crippen molar-refractivity contribution in [2.24, 2.45) is 0 Å². The Balaban J connectivity index is 4.27. The zero-order valence-electron chi connectivity index (χ0n) is 51.5. The van der Waals surface area contributed by atoms with E-state index < -0.39 is 32.5 Å². The van der Waals surface area contributed by atoms with Crippen LogP contribution < -0.4 is 4.89 Å². The van der Waals surface area contributed by atoms with Gasteiger partial charge in [0.1, 0.15) is 19.8 Å². The van der Waals surface area contributed by atoms with E-state index in [-0.39, 0.29) is 26.1 Å². The highest BCUT2D eigenvalue weighted by Gasteiger charge is 2.21. The van der Waals surface area contributed by atoms with E-state index in [1.807, 2.05) is 21.1 Å². The topological polar surface area (TPSA) is 111 Å². The van der Waals surface area contributed by atoms with Crippen molar-refractivity contribution in [3.8, 4) is 0 Å². The molecule has 80 heavy (non-hydrogen) atoms. The number of quaternary nitrogens is 1. The lowest BCUT2D eigenvalue weighted by Gasteiger charge is -2.28. The van der Waals surface area contributed by atoms with E-state index in [2.05, 4.69) is 160 Å². The maximum absolute atomic E-state index is 12.8. The number of ether oxygens (including phenoxy) is 2. The van der Waals surface area contributed by atoms with Crippen LogP contribution in [0.3, 0.4) is 0 Å². The lowest BCUT2D eigenvalue weighted by molar-refractivity contribution is -0.870. The Kier molecular flexibility index (Phi) is 56.5. The van der Waals surface area contributed by atoms with Crippen LogP contribution in [-0.2, 0) is 32.7 Å². The van der Waals surface area contributed by atoms with Crippen LogP contribution in [0.5, 0.6) is 0 Å². The number of nitrogens with zero attached hydrogens (tertiary/aromatic N) is 1. The highest BCUT2D eigenvalue weighted by atomic mass is 31.2. The number of unbranched alkanes of at least 4 members (excludes halogenated alkanes) is 18. The monoisotopic (exact) mass is 1130 g/mol. The van der Waals surface area contributed by atoms with Gasteiger partial charge in [-0.3, -0.25) is 14.2 Å². The number of hydrogen-bond donors (Lipinski definition) is 0. The molecule has 0 amide bonds. The molecule has 0 heterocycles. The minimum atomic E-state index is -4.66. The molecule has 0 aliphatic heterocycles. The van der Waals surface area contributed by atoms with Crippen molar-refractivity contribution in [3.05, 3.63) is 146 Å². The summed E-state index contributed by atoms with van der Waals surface area (Å²) >= 11 is 0. The van der Waals surface area contributed by atoms with Gasteiger partial charge in [0.25, 0.3) is 7.82 Å². The molecule has 9 nitrogen and oxygen atoms in total. The Morgan fingerprint density at radius 2 is 0.713 bits per heavy atom. The number of phosphoric acid groups is 1. The molecule has 0 aliphatic carbocycles. The Morgan fingerprint density at radius 1 is 0.400 bits per heavy atom. The molecule has 0 aromatic carbocycles. The van der Waals surface area contributed by atoms with Gasteiger partial charge in [-0.05, 0) is 122 Å². The number of rotatable bonds is 56. The van der Waals surface area contributed by atoms with Crippen molar-refractivity contribution in [3.63, 3.8) is 0 Å². The highest BCUT2D eigenvalue weighted by Crippen LogP contribution is 2.38. The number of likely N-dealkylation sites (N-methyl/N-ethyl adjacent to an activating group) is 1. The minimum Gasteiger partial charge on any atom is -0.756 e. The largest absolute Gasteiger partial charge is 0.756 e. The Labute approximate surface area is 491 Å². The first-order valence-corrected chi connectivity index (χ1v) is 33.0. The molecule has 0 aromatic heterocycles. The van der Waals surface area contributed by atoms with Crippen LogP contribution in [0.2, 0.25) is 0 Å². The molecule has 0 aromatic rings. The van der Waals surface area contributed by atoms with Crippen molar-refractivity contribution >= 4 is 19.8 Å². The maximum atomic E-state index is 12.8. The first-order valence-electron chi connectivity index (χ1n) is 31.5. The second-order valence-corrected chi connectivity index (χ2v) is 23.1. The Bertz CT molecular complexity index is 1860. The quantitative estimate of drug-likeness (QED) is 0.0195. The molecule has 0 aliphatic rings. The van der Waals surface area contributed by atoms with E-state index in [0.29, 0.717) is 23.9 Å². The normalized spacial score (nSPS) is 14.2. The molecule has 0 spiro atoms. The Morgan fingerprint density at radius 3 is 1.09 bits per heavy atom. The highest BCUT2D eigenvalue weighted by molar-refractivity contribution is 7.45. The standard InChI is InChI=1S/C70H116NO8P/c1-6-8-10-12-14-16-18-20-22-24-26-28-30-31-32-33-34-35-36-37-38-39-41-43-45-47-49-51-53-55-57-59-61-63-70(73)79-68(67-78-80(74,75)77-65-64-71(3,4)5)66-76-69(72)62-60-58-56-54-52-50-48-46-44-42-40-29-27-25-23-21-19-17-15-13-11-9-7-2/h8,10,14,16,19-22,25-28,31-32,34-35,37-38,41,43,47,49,53,55,68H,6-7,9,11-13,15,17-18,23-24,29-30,33,36,39-40,42,44-46,48,50-52,54,56-67H2,1-5H3/b10-8-,16-14-,21-19-,22-20-,27-25-,28-26-,32-31-,35-34-,38-37-,43-41-,49-47-,55-53-. The fourth-order valence-electron chi connectivity index (χ4n) is 8.01. The lowest BCUT2D eigenvalue weighted by Crippen LogP contribution is -2.37. The third-order valence-electron chi connectivity index (χ3n) is 12.8. The van der Waals surface area contributed by atoms with Gasteiger partial charge in [0.05, 0.1) is 27.7 Å². The van der Waals surface area contributed by atoms with Crippen LogP contribution in [0, 0.1) is 0 Å². The van der Waals surface area contributed by atoms with E-state index in [1.165, 1.54) is 89.9 Å². The van der Waals surface area contributed by atoms with Crippen LogP contribution in [0.25, 0.3) is 0 Å². The molecule has 454 valence electrons. The van der Waals surface area contributed by atoms with E-state index in [4.69, 9.17) is 18.5 Å². The average Bonchev–Trinajstić information content (AvgIpc) is 3.42. The van der Waals surface area contributed by atoms with Crippen LogP contribution >= 0.6 is 7.82 Å². The van der Waals surface area contributed by atoms with Gasteiger partial charge in [0.2, 0.25) is 0 Å². The van der Waals surface area contributed by atoms with Gasteiger partial charge in [0.15, 0.2) is 6.10 Å². The zero-order valence-corrected chi connectivity index (χ0v) is 52.4. The number of phosphoric ester groups is 1. The van der Waals surface area contributed by atoms with Crippen molar-refractivity contribution in [2.75, 3.05) is 47.5 Å². The lowest BCUT2D eigenvalue weighted by atomic mass is 10.0. The predicted molar refractivity (Wildman–Crippen MR) is 341 cm³/mol. The summed E-state index contributed by atoms with van der Waals surface area (Å²) in [6.45, 7) is 4.05. The molecule has 0 bridgehead atoms. The fraction of sp³-hybridized carbons (Fsp3) is 0.629. The minimum absolute atomic E-state index is 0.0478. The number of hydrogen-bond acceptors (Lipinski definition) is 8. The summed E-state index contributed by atoms with van der Waals surface area (Å²) in [4.78, 5) is 37.9. The van der Waals surface area contributed by atoms with Gasteiger partial charge in [-0.1, -0.05) is 243 Å². The number of esters is 2. The van der Waals surface area contributed by atoms with Gasteiger partial charge >= 0.3 is 11.9 Å². The van der Waals surface area contributed by atoms with Crippen LogP contribution in [-0.4, -0.2) is 70.0 Å². The molecule has 10 heteroatoms. The van der Waals surface area contributed by atoms with Gasteiger partial charge < -0.3 is 27.9 Å². The van der Waals surface area contributed by atoms with Crippen molar-refractivity contribution in [1.82, 2.24) is 0 Å². The molecule has 0 N–H and O–H groups in total. The van der Waals surface area contributed by atoms with Gasteiger partial charge in [-0.2, -0.15) is 0 Å². The van der Waals surface area contributed by atoms with E-state index >= 15 is 0 Å². The molecule has 0 saturated heterocycles. The fourth-order valence-corrected chi connectivity index (χ4v) is 8.74. The maximum Gasteiger partial charge on any atom is 0.306 e. The molecule has 0 fully saturated rings. The number of carbonyl (C=O) groups is 2. The van der Waals surface area contributed by atoms with Gasteiger partial charge in [-0.25, -0.2) is 0 Å². The molecule has 0 radical (unpaired) electrons.